The van der Waals surface area contributed by atoms with Crippen LogP contribution in [0.4, 0.5) is 21.9 Å². The zero-order chi connectivity index (χ0) is 27.7. The van der Waals surface area contributed by atoms with Crippen LogP contribution in [0.2, 0.25) is 0 Å². The van der Waals surface area contributed by atoms with Crippen molar-refractivity contribution in [2.45, 2.75) is 45.7 Å². The smallest absolute Gasteiger partial charge is 0.321 e. The van der Waals surface area contributed by atoms with Crippen molar-refractivity contribution in [1.29, 1.82) is 0 Å². The molecule has 4 aliphatic rings. The van der Waals surface area contributed by atoms with Gasteiger partial charge in [0, 0.05) is 44.1 Å². The van der Waals surface area contributed by atoms with E-state index in [9.17, 15) is 14.4 Å². The van der Waals surface area contributed by atoms with Gasteiger partial charge in [0.25, 0.3) is 5.91 Å². The number of carbonyl (C=O) groups excluding carboxylic acids is 3. The molecule has 2 aromatic rings. The Kier molecular flexibility index (Phi) is 9.03. The van der Waals surface area contributed by atoms with Crippen molar-refractivity contribution in [2.24, 2.45) is 16.8 Å². The average molecular weight is 567 g/mol. The number of urea groups is 1. The van der Waals surface area contributed by atoms with Gasteiger partial charge in [-0.15, -0.1) is 12.4 Å². The van der Waals surface area contributed by atoms with Crippen LogP contribution in [0.5, 0.6) is 0 Å². The van der Waals surface area contributed by atoms with Crippen LogP contribution in [-0.2, 0) is 9.59 Å². The molecule has 9 nitrogen and oxygen atoms in total. The van der Waals surface area contributed by atoms with Gasteiger partial charge in [0.1, 0.15) is 6.54 Å². The Bertz CT molecular complexity index is 1290. The van der Waals surface area contributed by atoms with Crippen LogP contribution in [0.25, 0.3) is 0 Å². The first-order chi connectivity index (χ1) is 18.7. The zero-order valence-corrected chi connectivity index (χ0v) is 24.5. The van der Waals surface area contributed by atoms with Crippen molar-refractivity contribution >= 4 is 53.0 Å². The second kappa shape index (κ2) is 12.3. The standard InChI is InChI=1S/C30H38N6O3.ClH/c1-19-7-5-8-23(15-19)32-30(39)33-28-29(38)36(18-26(37)35-16-21-11-12-22(17-35)14-13-21)27-24(20(2)31-28)9-6-10-25(27)34(3)4;/h5-10,15,21-22,28H,11-14,16-18H2,1-4H3,(H2,32,33,39);1H. The van der Waals surface area contributed by atoms with Crippen LogP contribution in [0.1, 0.15) is 43.7 Å². The first kappa shape index (κ1) is 29.4. The van der Waals surface area contributed by atoms with Gasteiger partial charge >= 0.3 is 6.03 Å². The Hall–Kier alpha value is -3.59. The van der Waals surface area contributed by atoms with E-state index in [1.54, 1.807) is 6.07 Å². The molecule has 2 aromatic carbocycles. The molecule has 2 N–H and O–H groups in total. The number of benzene rings is 2. The third-order valence-corrected chi connectivity index (χ3v) is 8.09. The van der Waals surface area contributed by atoms with Crippen molar-refractivity contribution in [1.82, 2.24) is 10.2 Å². The molecule has 3 fully saturated rings. The Morgan fingerprint density at radius 2 is 1.65 bits per heavy atom. The number of nitrogens with one attached hydrogen (secondary N) is 2. The highest BCUT2D eigenvalue weighted by molar-refractivity contribution is 6.16. The van der Waals surface area contributed by atoms with Gasteiger partial charge in [-0.3, -0.25) is 19.5 Å². The fraction of sp³-hybridized carbons (Fsp3) is 0.467. The van der Waals surface area contributed by atoms with Crippen LogP contribution < -0.4 is 20.4 Å². The van der Waals surface area contributed by atoms with Crippen molar-refractivity contribution in [3.05, 3.63) is 53.6 Å². The summed E-state index contributed by atoms with van der Waals surface area (Å²) in [5.74, 6) is 0.557. The highest BCUT2D eigenvalue weighted by atomic mass is 35.5. The largest absolute Gasteiger partial charge is 0.376 e. The van der Waals surface area contributed by atoms with E-state index in [0.29, 0.717) is 28.9 Å². The maximum atomic E-state index is 14.1. The molecule has 10 heteroatoms. The quantitative estimate of drug-likeness (QED) is 0.559. The lowest BCUT2D eigenvalue weighted by molar-refractivity contribution is -0.132. The van der Waals surface area contributed by atoms with Gasteiger partial charge in [-0.25, -0.2) is 4.79 Å². The number of amides is 4. The lowest BCUT2D eigenvalue weighted by Gasteiger charge is -2.31. The topological polar surface area (TPSA) is 97.3 Å². The molecule has 3 heterocycles. The molecule has 1 atom stereocenters. The number of aryl methyl sites for hydroxylation is 1. The maximum absolute atomic E-state index is 14.1. The van der Waals surface area contributed by atoms with E-state index in [0.717, 1.165) is 29.9 Å². The number of aliphatic imine (C=N–C) groups is 1. The van der Waals surface area contributed by atoms with Crippen LogP contribution >= 0.6 is 12.4 Å². The summed E-state index contributed by atoms with van der Waals surface area (Å²) in [4.78, 5) is 50.8. The number of carbonyl (C=O) groups is 3. The molecule has 6 rings (SSSR count). The molecule has 3 aliphatic heterocycles. The molecule has 2 saturated heterocycles. The van der Waals surface area contributed by atoms with E-state index in [2.05, 4.69) is 15.6 Å². The minimum Gasteiger partial charge on any atom is -0.376 e. The zero-order valence-electron chi connectivity index (χ0n) is 23.6. The summed E-state index contributed by atoms with van der Waals surface area (Å²) in [5.41, 5.74) is 4.46. The number of hydrogen-bond acceptors (Lipinski definition) is 5. The Morgan fingerprint density at radius 1 is 1.00 bits per heavy atom. The number of anilines is 3. The first-order valence-corrected chi connectivity index (χ1v) is 13.8. The Morgan fingerprint density at radius 3 is 2.27 bits per heavy atom. The lowest BCUT2D eigenvalue weighted by atomic mass is 9.84. The molecule has 1 unspecified atom stereocenters. The second-order valence-corrected chi connectivity index (χ2v) is 11.3. The summed E-state index contributed by atoms with van der Waals surface area (Å²) in [6.45, 7) is 5.16. The number of benzodiazepines with no additional fused rings is 1. The summed E-state index contributed by atoms with van der Waals surface area (Å²) in [5, 5.41) is 5.53. The summed E-state index contributed by atoms with van der Waals surface area (Å²) in [6.07, 6.45) is 3.49. The predicted molar refractivity (Wildman–Crippen MR) is 162 cm³/mol. The van der Waals surface area contributed by atoms with Gasteiger partial charge in [0.05, 0.1) is 11.4 Å². The predicted octanol–water partition coefficient (Wildman–Crippen LogP) is 4.43. The SMILES string of the molecule is CC1=NC(NC(=O)Nc2cccc(C)c2)C(=O)N(CC(=O)N2CC3CCC(CC3)C2)c2c1cccc2N(C)C.Cl. The number of hydrogen-bond donors (Lipinski definition) is 2. The van der Waals surface area contributed by atoms with Crippen LogP contribution in [-0.4, -0.2) is 68.4 Å². The van der Waals surface area contributed by atoms with Gasteiger partial charge in [-0.1, -0.05) is 24.3 Å². The molecule has 40 heavy (non-hydrogen) atoms. The molecule has 0 radical (unpaired) electrons. The van der Waals surface area contributed by atoms with Gasteiger partial charge in [-0.05, 0) is 75.1 Å². The van der Waals surface area contributed by atoms with Gasteiger partial charge in [0.2, 0.25) is 12.1 Å². The Balaban J connectivity index is 0.00000370. The minimum absolute atomic E-state index is 0. The molecule has 1 aliphatic carbocycles. The van der Waals surface area contributed by atoms with Crippen molar-refractivity contribution in [2.75, 3.05) is 48.8 Å². The van der Waals surface area contributed by atoms with Crippen molar-refractivity contribution in [3.8, 4) is 0 Å². The van der Waals surface area contributed by atoms with E-state index >= 15 is 0 Å². The monoisotopic (exact) mass is 566 g/mol. The van der Waals surface area contributed by atoms with Crippen molar-refractivity contribution < 1.29 is 14.4 Å². The van der Waals surface area contributed by atoms with E-state index in [1.165, 1.54) is 30.6 Å². The lowest BCUT2D eigenvalue weighted by Crippen LogP contribution is -2.52. The maximum Gasteiger partial charge on any atom is 0.321 e. The summed E-state index contributed by atoms with van der Waals surface area (Å²) < 4.78 is 0. The van der Waals surface area contributed by atoms with E-state index in [4.69, 9.17) is 0 Å². The van der Waals surface area contributed by atoms with Gasteiger partial charge < -0.3 is 20.4 Å². The number of fused-ring (bicyclic) bond motifs is 5. The molecule has 0 aromatic heterocycles. The third kappa shape index (κ3) is 6.25. The highest BCUT2D eigenvalue weighted by Gasteiger charge is 2.37. The molecular formula is C30H39ClN6O3. The molecule has 1 saturated carbocycles. The van der Waals surface area contributed by atoms with Crippen LogP contribution in [0.3, 0.4) is 0 Å². The van der Waals surface area contributed by atoms with Gasteiger partial charge in [-0.2, -0.15) is 0 Å². The summed E-state index contributed by atoms with van der Waals surface area (Å²) >= 11 is 0. The first-order valence-electron chi connectivity index (χ1n) is 13.8. The fourth-order valence-corrected chi connectivity index (χ4v) is 6.04. The molecule has 0 spiro atoms. The second-order valence-electron chi connectivity index (χ2n) is 11.3. The number of halogens is 1. The fourth-order valence-electron chi connectivity index (χ4n) is 6.04. The van der Waals surface area contributed by atoms with E-state index in [-0.39, 0.29) is 24.9 Å². The summed E-state index contributed by atoms with van der Waals surface area (Å²) in [6, 6.07) is 12.7. The van der Waals surface area contributed by atoms with Crippen LogP contribution in [0.15, 0.2) is 47.5 Å². The molecule has 2 bridgehead atoms. The average Bonchev–Trinajstić information content (AvgIpc) is 3.28. The number of rotatable bonds is 5. The van der Waals surface area contributed by atoms with Gasteiger partial charge in [0.15, 0.2) is 0 Å². The summed E-state index contributed by atoms with van der Waals surface area (Å²) in [7, 11) is 3.82. The number of para-hydroxylation sites is 1. The molecule has 4 amide bonds. The van der Waals surface area contributed by atoms with E-state index < -0.39 is 18.1 Å². The number of nitrogens with zero attached hydrogens (tertiary/aromatic N) is 4. The Labute approximate surface area is 242 Å². The molecular weight excluding hydrogens is 528 g/mol. The molecule has 214 valence electrons. The van der Waals surface area contributed by atoms with E-state index in [1.807, 2.05) is 74.1 Å². The normalized spacial score (nSPS) is 21.9. The van der Waals surface area contributed by atoms with Crippen molar-refractivity contribution in [3.63, 3.8) is 0 Å². The van der Waals surface area contributed by atoms with Crippen LogP contribution in [0, 0.1) is 18.8 Å². The highest BCUT2D eigenvalue weighted by Crippen LogP contribution is 2.37. The third-order valence-electron chi connectivity index (χ3n) is 8.09. The minimum atomic E-state index is -1.18.